The fraction of sp³-hybridized carbons (Fsp3) is 0.356. The van der Waals surface area contributed by atoms with Gasteiger partial charge in [-0.2, -0.15) is 0 Å². The van der Waals surface area contributed by atoms with E-state index in [1.165, 1.54) is 27.6 Å². The van der Waals surface area contributed by atoms with E-state index in [1.54, 1.807) is 58.2 Å². The van der Waals surface area contributed by atoms with E-state index >= 15 is 0 Å². The number of nitrogens with one attached hydrogen (secondary N) is 3. The number of halogens is 2. The molecule has 2 saturated heterocycles. The average Bonchev–Trinajstić information content (AvgIpc) is 4.06. The summed E-state index contributed by atoms with van der Waals surface area (Å²) in [5.74, 6) is -0.0535. The molecule has 6 aromatic heterocycles. The Labute approximate surface area is 368 Å². The van der Waals surface area contributed by atoms with E-state index in [2.05, 4.69) is 75.7 Å². The molecule has 2 aliphatic rings. The van der Waals surface area contributed by atoms with Gasteiger partial charge in [0.15, 0.2) is 11.6 Å². The summed E-state index contributed by atoms with van der Waals surface area (Å²) >= 11 is 6.22. The highest BCUT2D eigenvalue weighted by Gasteiger charge is 2.46. The number of ether oxygens (including phenoxy) is 1. The van der Waals surface area contributed by atoms with E-state index in [-0.39, 0.29) is 29.2 Å². The molecule has 0 radical (unpaired) electrons. The molecule has 2 atom stereocenters. The van der Waals surface area contributed by atoms with Gasteiger partial charge in [0.1, 0.15) is 26.3 Å². The molecule has 10 nitrogen and oxygen atoms in total. The van der Waals surface area contributed by atoms with Crippen LogP contribution in [0.4, 0.5) is 36.3 Å². The number of amides is 1. The van der Waals surface area contributed by atoms with Crippen LogP contribution in [0.5, 0.6) is 0 Å². The Morgan fingerprint density at radius 1 is 0.754 bits per heavy atom. The first-order valence-electron chi connectivity index (χ1n) is 20.2. The lowest BCUT2D eigenvalue weighted by atomic mass is 9.87. The highest BCUT2D eigenvalue weighted by atomic mass is 32.1. The molecule has 16 heteroatoms. The van der Waals surface area contributed by atoms with Crippen LogP contribution >= 0.6 is 45.3 Å². The number of aromatic nitrogens is 4. The van der Waals surface area contributed by atoms with Crippen molar-refractivity contribution in [1.29, 1.82) is 0 Å². The zero-order valence-electron chi connectivity index (χ0n) is 34.9. The molecule has 1 amide bonds. The maximum atomic E-state index is 15.0. The lowest BCUT2D eigenvalue weighted by Crippen LogP contribution is -2.47. The third kappa shape index (κ3) is 7.93. The van der Waals surface area contributed by atoms with Crippen molar-refractivity contribution in [3.8, 4) is 0 Å². The van der Waals surface area contributed by atoms with Crippen LogP contribution in [-0.4, -0.2) is 60.7 Å². The van der Waals surface area contributed by atoms with E-state index < -0.39 is 11.1 Å². The van der Waals surface area contributed by atoms with Crippen LogP contribution < -0.4 is 16.0 Å². The molecule has 2 aromatic carbocycles. The van der Waals surface area contributed by atoms with Crippen LogP contribution in [0.3, 0.4) is 0 Å². The minimum atomic E-state index is -0.538. The number of nitrogens with zero attached hydrogens (tertiary/aromatic N) is 5. The Hall–Kier alpha value is -4.87. The molecule has 0 spiro atoms. The van der Waals surface area contributed by atoms with Crippen molar-refractivity contribution in [3.63, 3.8) is 0 Å². The molecular formula is C45H46F2N8O2S4. The van der Waals surface area contributed by atoms with Crippen molar-refractivity contribution >= 4 is 115 Å². The summed E-state index contributed by atoms with van der Waals surface area (Å²) in [6.45, 7) is 16.0. The number of anilines is 4. The Morgan fingerprint density at radius 2 is 1.28 bits per heavy atom. The Balaban J connectivity index is 0.000000160. The first-order chi connectivity index (χ1) is 29.1. The smallest absolute Gasteiger partial charge is 0.410 e. The topological polar surface area (TPSA) is 117 Å². The fourth-order valence-electron chi connectivity index (χ4n) is 8.50. The molecule has 2 aliphatic heterocycles. The van der Waals surface area contributed by atoms with Gasteiger partial charge < -0.3 is 25.6 Å². The molecule has 316 valence electrons. The maximum absolute atomic E-state index is 15.0. The molecule has 0 saturated carbocycles. The van der Waals surface area contributed by atoms with Crippen LogP contribution in [0, 0.1) is 11.6 Å². The minimum absolute atomic E-state index is 0.0796. The largest absolute Gasteiger partial charge is 0.444 e. The number of hydrogen-bond donors (Lipinski definition) is 3. The highest BCUT2D eigenvalue weighted by molar-refractivity contribution is 7.19. The standard InChI is InChI=1S/C25H27FN4O2S2.C20H19FN4S2/c1-24(2,3)32-23(31)30-11-9-15(25(30,4)5)19-12-14-16(8-10-27-22(14)34-19)29-17-6-7-18-21(20(17)26)28-13-33-18;1-20(2)12(5-8-24-20)16-9-11-13(6-7-22-19(11)27-16)25-14-3-4-15-18(17(14)21)23-10-26-15/h6-8,10,12-13,15H,9,11H2,1-5H3,(H,27,29);3-4,6-7,9-10,12,24H,5,8H2,1-2H3,(H,22,25). The molecule has 3 N–H and O–H groups in total. The number of rotatable bonds is 6. The molecule has 8 heterocycles. The van der Waals surface area contributed by atoms with Crippen molar-refractivity contribution < 1.29 is 18.3 Å². The van der Waals surface area contributed by atoms with Gasteiger partial charge in [-0.25, -0.2) is 33.5 Å². The number of pyridine rings is 2. The normalized spacial score (nSPS) is 18.5. The lowest BCUT2D eigenvalue weighted by Gasteiger charge is -2.36. The lowest BCUT2D eigenvalue weighted by molar-refractivity contribution is 0.0119. The summed E-state index contributed by atoms with van der Waals surface area (Å²) < 4.78 is 37.1. The van der Waals surface area contributed by atoms with E-state index in [4.69, 9.17) is 4.74 Å². The molecular weight excluding hydrogens is 851 g/mol. The quantitative estimate of drug-likeness (QED) is 0.150. The van der Waals surface area contributed by atoms with Crippen LogP contribution in [0.1, 0.15) is 82.9 Å². The summed E-state index contributed by atoms with van der Waals surface area (Å²) in [6, 6.07) is 15.4. The first kappa shape index (κ1) is 41.5. The number of hydrogen-bond acceptors (Lipinski definition) is 13. The second-order valence-electron chi connectivity index (χ2n) is 17.6. The van der Waals surface area contributed by atoms with Crippen molar-refractivity contribution in [2.45, 2.75) is 89.8 Å². The van der Waals surface area contributed by atoms with Gasteiger partial charge in [-0.3, -0.25) is 0 Å². The highest BCUT2D eigenvalue weighted by Crippen LogP contribution is 2.47. The summed E-state index contributed by atoms with van der Waals surface area (Å²) in [6.07, 6.45) is 5.20. The number of benzene rings is 2. The zero-order valence-corrected chi connectivity index (χ0v) is 38.1. The SMILES string of the molecule is CC(C)(C)OC(=O)N1CCC(c2cc3c(Nc4ccc5scnc5c4F)ccnc3s2)C1(C)C.CC1(C)NCCC1c1cc2c(Nc3ccc4scnc4c3F)ccnc2s1. The van der Waals surface area contributed by atoms with Gasteiger partial charge in [-0.15, -0.1) is 45.3 Å². The number of fused-ring (bicyclic) bond motifs is 4. The number of carbonyl (C=O) groups excluding carboxylic acids is 1. The summed E-state index contributed by atoms with van der Waals surface area (Å²) in [4.78, 5) is 36.4. The Morgan fingerprint density at radius 3 is 1.77 bits per heavy atom. The van der Waals surface area contributed by atoms with Crippen molar-refractivity contribution in [3.05, 3.63) is 93.3 Å². The molecule has 2 fully saturated rings. The molecule has 10 rings (SSSR count). The summed E-state index contributed by atoms with van der Waals surface area (Å²) in [5, 5.41) is 12.1. The van der Waals surface area contributed by atoms with Crippen molar-refractivity contribution in [2.75, 3.05) is 23.7 Å². The zero-order chi connectivity index (χ0) is 42.8. The third-order valence-corrected chi connectivity index (χ3v) is 15.6. The van der Waals surface area contributed by atoms with Gasteiger partial charge in [-0.1, -0.05) is 0 Å². The fourth-order valence-corrected chi connectivity index (χ4v) is 12.5. The molecule has 8 aromatic rings. The van der Waals surface area contributed by atoms with Gasteiger partial charge in [0.2, 0.25) is 0 Å². The maximum Gasteiger partial charge on any atom is 0.410 e. The molecule has 0 aliphatic carbocycles. The Bertz CT molecular complexity index is 2930. The number of likely N-dealkylation sites (tertiary alicyclic amines) is 1. The van der Waals surface area contributed by atoms with Gasteiger partial charge >= 0.3 is 6.09 Å². The number of carbonyl (C=O) groups is 1. The van der Waals surface area contributed by atoms with E-state index in [0.29, 0.717) is 34.9 Å². The minimum Gasteiger partial charge on any atom is -0.444 e. The van der Waals surface area contributed by atoms with Crippen LogP contribution in [0.15, 0.2) is 71.9 Å². The van der Waals surface area contributed by atoms with Gasteiger partial charge in [-0.05, 0) is 116 Å². The van der Waals surface area contributed by atoms with E-state index in [9.17, 15) is 13.6 Å². The molecule has 61 heavy (non-hydrogen) atoms. The van der Waals surface area contributed by atoms with Crippen molar-refractivity contribution in [1.82, 2.24) is 30.2 Å². The van der Waals surface area contributed by atoms with Gasteiger partial charge in [0.05, 0.1) is 43.2 Å². The van der Waals surface area contributed by atoms with Gasteiger partial charge in [0, 0.05) is 62.4 Å². The third-order valence-electron chi connectivity index (χ3n) is 11.7. The van der Waals surface area contributed by atoms with Crippen LogP contribution in [0.25, 0.3) is 40.9 Å². The van der Waals surface area contributed by atoms with E-state index in [1.807, 2.05) is 49.9 Å². The van der Waals surface area contributed by atoms with Crippen molar-refractivity contribution in [2.24, 2.45) is 0 Å². The summed E-state index contributed by atoms with van der Waals surface area (Å²) in [5.41, 5.74) is 5.75. The van der Waals surface area contributed by atoms with Gasteiger partial charge in [0.25, 0.3) is 0 Å². The predicted octanol–water partition coefficient (Wildman–Crippen LogP) is 12.9. The number of thiazole rings is 2. The predicted molar refractivity (Wildman–Crippen MR) is 249 cm³/mol. The average molecular weight is 897 g/mol. The first-order valence-corrected chi connectivity index (χ1v) is 23.6. The van der Waals surface area contributed by atoms with E-state index in [0.717, 1.165) is 65.5 Å². The second-order valence-corrected chi connectivity index (χ2v) is 21.5. The van der Waals surface area contributed by atoms with Crippen LogP contribution in [-0.2, 0) is 4.74 Å². The van der Waals surface area contributed by atoms with Crippen LogP contribution in [0.2, 0.25) is 0 Å². The Kier molecular flexibility index (Phi) is 10.7. The number of thiophene rings is 2. The molecule has 0 bridgehead atoms. The second kappa shape index (κ2) is 15.8. The molecule has 2 unspecified atom stereocenters. The summed E-state index contributed by atoms with van der Waals surface area (Å²) in [7, 11) is 0. The monoisotopic (exact) mass is 896 g/mol.